The van der Waals surface area contributed by atoms with Crippen LogP contribution in [0.5, 0.6) is 0 Å². The van der Waals surface area contributed by atoms with Crippen LogP contribution in [-0.4, -0.2) is 56.3 Å². The second kappa shape index (κ2) is 8.84. The number of carboxylic acids is 1. The SMILES string of the molecule is Cc1cc(NC(=O)C23COC(c4nc5c(C)cc(N6CC[C@](C)(c7ccccc7)C6)cn5n4)(C2)C3)cc(C(=O)O)n1. The summed E-state index contributed by atoms with van der Waals surface area (Å²) in [4.78, 5) is 36.0. The van der Waals surface area contributed by atoms with Gasteiger partial charge in [0, 0.05) is 42.7 Å². The Kier molecular flexibility index (Phi) is 5.53. The number of aryl methyl sites for hydroxylation is 2. The van der Waals surface area contributed by atoms with E-state index in [0.29, 0.717) is 30.0 Å². The molecule has 3 aliphatic heterocycles. The van der Waals surface area contributed by atoms with Gasteiger partial charge in [-0.2, -0.15) is 0 Å². The quantitative estimate of drug-likeness (QED) is 0.364. The summed E-state index contributed by atoms with van der Waals surface area (Å²) in [7, 11) is 0. The largest absolute Gasteiger partial charge is 0.477 e. The third-order valence-electron chi connectivity index (χ3n) is 9.10. The van der Waals surface area contributed by atoms with Crippen molar-refractivity contribution < 1.29 is 19.4 Å². The van der Waals surface area contributed by atoms with Crippen LogP contribution >= 0.6 is 0 Å². The second-order valence-electron chi connectivity index (χ2n) is 12.2. The van der Waals surface area contributed by atoms with Gasteiger partial charge in [0.2, 0.25) is 5.91 Å². The van der Waals surface area contributed by atoms with Crippen molar-refractivity contribution in [1.82, 2.24) is 19.6 Å². The molecule has 4 aliphatic rings. The molecule has 41 heavy (non-hydrogen) atoms. The van der Waals surface area contributed by atoms with Gasteiger partial charge in [-0.05, 0) is 49.6 Å². The molecule has 1 amide bonds. The predicted octanol–water partition coefficient (Wildman–Crippen LogP) is 4.25. The standard InChI is InChI=1S/C31H32N6O4/c1-19-11-23(36-10-9-29(3,17-36)21-7-5-4-6-8-21)14-37-25(19)34-27(35-37)31-15-30(16-31,18-41-31)28(40)33-22-12-20(2)32-24(13-22)26(38)39/h4-8,11-14H,9-10,15-18H2,1-3H3,(H,38,39)(H,32,33,40)/t29-,30?,31?/m0/s1. The lowest BCUT2D eigenvalue weighted by atomic mass is 9.61. The Morgan fingerprint density at radius 2 is 1.85 bits per heavy atom. The highest BCUT2D eigenvalue weighted by molar-refractivity contribution is 5.98. The molecule has 10 nitrogen and oxygen atoms in total. The maximum atomic E-state index is 13.3. The Labute approximate surface area is 237 Å². The average Bonchev–Trinajstić information content (AvgIpc) is 3.70. The number of hydrogen-bond donors (Lipinski definition) is 2. The van der Waals surface area contributed by atoms with E-state index in [1.54, 1.807) is 13.0 Å². The molecular formula is C31H32N6O4. The summed E-state index contributed by atoms with van der Waals surface area (Å²) in [5, 5.41) is 17.1. The molecule has 2 N–H and O–H groups in total. The molecule has 3 saturated heterocycles. The zero-order valence-electron chi connectivity index (χ0n) is 23.3. The minimum atomic E-state index is -1.14. The fourth-order valence-corrected chi connectivity index (χ4v) is 6.84. The lowest BCUT2D eigenvalue weighted by Gasteiger charge is -2.41. The number of benzene rings is 1. The maximum absolute atomic E-state index is 13.3. The first-order valence-electron chi connectivity index (χ1n) is 13.9. The van der Waals surface area contributed by atoms with Gasteiger partial charge >= 0.3 is 5.97 Å². The van der Waals surface area contributed by atoms with E-state index in [2.05, 4.69) is 65.4 Å². The van der Waals surface area contributed by atoms with Crippen molar-refractivity contribution in [2.45, 2.75) is 51.0 Å². The van der Waals surface area contributed by atoms with E-state index >= 15 is 0 Å². The number of aromatic nitrogens is 4. The Morgan fingerprint density at radius 1 is 1.07 bits per heavy atom. The van der Waals surface area contributed by atoms with Gasteiger partial charge in [0.1, 0.15) is 5.60 Å². The van der Waals surface area contributed by atoms with Crippen LogP contribution < -0.4 is 10.2 Å². The number of pyridine rings is 2. The number of carbonyl (C=O) groups excluding carboxylic acids is 1. The third kappa shape index (κ3) is 4.08. The number of aromatic carboxylic acids is 1. The van der Waals surface area contributed by atoms with E-state index < -0.39 is 17.0 Å². The van der Waals surface area contributed by atoms with Crippen molar-refractivity contribution in [3.8, 4) is 0 Å². The zero-order valence-corrected chi connectivity index (χ0v) is 23.3. The van der Waals surface area contributed by atoms with Crippen LogP contribution in [0.25, 0.3) is 5.65 Å². The van der Waals surface area contributed by atoms with Crippen molar-refractivity contribution in [3.63, 3.8) is 0 Å². The summed E-state index contributed by atoms with van der Waals surface area (Å²) in [6, 6.07) is 15.9. The van der Waals surface area contributed by atoms with Crippen molar-refractivity contribution in [1.29, 1.82) is 0 Å². The van der Waals surface area contributed by atoms with E-state index in [-0.39, 0.29) is 23.6 Å². The van der Waals surface area contributed by atoms with Crippen LogP contribution in [0.2, 0.25) is 0 Å². The van der Waals surface area contributed by atoms with Crippen molar-refractivity contribution in [2.75, 3.05) is 29.9 Å². The smallest absolute Gasteiger partial charge is 0.354 e. The van der Waals surface area contributed by atoms with E-state index in [1.807, 2.05) is 10.7 Å². The summed E-state index contributed by atoms with van der Waals surface area (Å²) in [5.74, 6) is -0.729. The lowest BCUT2D eigenvalue weighted by molar-refractivity contribution is -0.130. The molecule has 0 spiro atoms. The van der Waals surface area contributed by atoms with Crippen molar-refractivity contribution in [2.24, 2.45) is 5.41 Å². The Balaban J connectivity index is 1.10. The van der Waals surface area contributed by atoms with Crippen LogP contribution in [0.4, 0.5) is 11.4 Å². The third-order valence-corrected chi connectivity index (χ3v) is 9.10. The molecular weight excluding hydrogens is 520 g/mol. The molecule has 210 valence electrons. The number of amides is 1. The molecule has 8 rings (SSSR count). The molecule has 1 saturated carbocycles. The number of hydrogen-bond acceptors (Lipinski definition) is 7. The van der Waals surface area contributed by atoms with Crippen LogP contribution in [0.3, 0.4) is 0 Å². The summed E-state index contributed by atoms with van der Waals surface area (Å²) >= 11 is 0. The highest BCUT2D eigenvalue weighted by atomic mass is 16.5. The number of rotatable bonds is 6. The molecule has 2 bridgehead atoms. The predicted molar refractivity (Wildman–Crippen MR) is 152 cm³/mol. The van der Waals surface area contributed by atoms with E-state index in [0.717, 1.165) is 36.4 Å². The molecule has 0 radical (unpaired) electrons. The second-order valence-corrected chi connectivity index (χ2v) is 12.2. The highest BCUT2D eigenvalue weighted by Gasteiger charge is 2.68. The fraction of sp³-hybridized carbons (Fsp3) is 0.387. The molecule has 4 fully saturated rings. The number of ether oxygens (including phenoxy) is 1. The Morgan fingerprint density at radius 3 is 2.61 bits per heavy atom. The minimum absolute atomic E-state index is 0.0916. The first kappa shape index (κ1) is 25.6. The molecule has 10 heteroatoms. The normalized spacial score (nSPS) is 26.8. The lowest BCUT2D eigenvalue weighted by Crippen LogP contribution is -2.49. The molecule has 4 aromatic rings. The topological polar surface area (TPSA) is 122 Å². The number of nitrogens with zero attached hydrogens (tertiary/aromatic N) is 5. The minimum Gasteiger partial charge on any atom is -0.477 e. The van der Waals surface area contributed by atoms with Gasteiger partial charge in [-0.15, -0.1) is 5.10 Å². The van der Waals surface area contributed by atoms with Crippen molar-refractivity contribution in [3.05, 3.63) is 83.1 Å². The van der Waals surface area contributed by atoms with E-state index in [9.17, 15) is 14.7 Å². The van der Waals surface area contributed by atoms with Gasteiger partial charge < -0.3 is 20.1 Å². The Hall–Kier alpha value is -4.31. The summed E-state index contributed by atoms with van der Waals surface area (Å²) in [5.41, 5.74) is 3.82. The number of carbonyl (C=O) groups is 2. The van der Waals surface area contributed by atoms with Gasteiger partial charge in [-0.1, -0.05) is 37.3 Å². The molecule has 1 aromatic carbocycles. The monoisotopic (exact) mass is 552 g/mol. The number of fused-ring (bicyclic) bond motifs is 2. The van der Waals surface area contributed by atoms with Crippen molar-refractivity contribution >= 4 is 28.9 Å². The summed E-state index contributed by atoms with van der Waals surface area (Å²) in [6.07, 6.45) is 4.08. The van der Waals surface area contributed by atoms with Crippen LogP contribution in [-0.2, 0) is 20.5 Å². The van der Waals surface area contributed by atoms with Gasteiger partial charge in [0.25, 0.3) is 0 Å². The number of anilines is 2. The molecule has 0 unspecified atom stereocenters. The van der Waals surface area contributed by atoms with Gasteiger partial charge in [0.15, 0.2) is 17.2 Å². The van der Waals surface area contributed by atoms with Gasteiger partial charge in [-0.25, -0.2) is 19.3 Å². The Bertz CT molecular complexity index is 1710. The molecule has 1 aliphatic carbocycles. The maximum Gasteiger partial charge on any atom is 0.354 e. The average molecular weight is 553 g/mol. The number of carboxylic acid groups (broad SMARTS) is 1. The van der Waals surface area contributed by atoms with E-state index in [1.165, 1.54) is 11.6 Å². The summed E-state index contributed by atoms with van der Waals surface area (Å²) in [6.45, 7) is 8.24. The molecule has 6 heterocycles. The van der Waals surface area contributed by atoms with Crippen LogP contribution in [0.1, 0.15) is 59.3 Å². The van der Waals surface area contributed by atoms with E-state index in [4.69, 9.17) is 14.8 Å². The van der Waals surface area contributed by atoms with Crippen LogP contribution in [0, 0.1) is 19.3 Å². The molecule has 3 aromatic heterocycles. The molecule has 1 atom stereocenters. The van der Waals surface area contributed by atoms with Gasteiger partial charge in [0.05, 0.1) is 23.9 Å². The first-order valence-corrected chi connectivity index (χ1v) is 13.9. The highest BCUT2D eigenvalue weighted by Crippen LogP contribution is 2.62. The summed E-state index contributed by atoms with van der Waals surface area (Å²) < 4.78 is 8.06. The number of nitrogens with one attached hydrogen (secondary N) is 1. The zero-order chi connectivity index (χ0) is 28.6. The van der Waals surface area contributed by atoms with Crippen LogP contribution in [0.15, 0.2) is 54.7 Å². The first-order chi connectivity index (χ1) is 19.6. The fourth-order valence-electron chi connectivity index (χ4n) is 6.84. The van der Waals surface area contributed by atoms with Gasteiger partial charge in [-0.3, -0.25) is 4.79 Å².